The summed E-state index contributed by atoms with van der Waals surface area (Å²) in [6.07, 6.45) is 0.706. The lowest BCUT2D eigenvalue weighted by molar-refractivity contribution is -0.116. The molecule has 2 aliphatic heterocycles. The number of amides is 1. The molecule has 2 atom stereocenters. The molecule has 0 radical (unpaired) electrons. The minimum Gasteiger partial charge on any atom is -0.309 e. The fourth-order valence-electron chi connectivity index (χ4n) is 5.53. The number of fused-ring (bicyclic) bond motifs is 1. The van der Waals surface area contributed by atoms with Crippen molar-refractivity contribution < 1.29 is 13.2 Å². The monoisotopic (exact) mass is 601 g/mol. The molecule has 9 heteroatoms. The number of halogens is 2. The Morgan fingerprint density at radius 1 is 0.973 bits per heavy atom. The zero-order valence-corrected chi connectivity index (χ0v) is 23.9. The first kappa shape index (κ1) is 26.4. The van der Waals surface area contributed by atoms with E-state index >= 15 is 0 Å². The normalized spacial score (nSPS) is 19.6. The maximum Gasteiger partial charge on any atom is 0.244 e. The molecule has 194 valence electrons. The van der Waals surface area contributed by atoms with Crippen molar-refractivity contribution >= 4 is 49.1 Å². The molecule has 0 bridgehead atoms. The van der Waals surface area contributed by atoms with Gasteiger partial charge >= 0.3 is 0 Å². The SMILES string of the molecule is CC(=O)N1c2cc(S(=O)(=O)N3CCN([C@H](c4ccccc4)c4ccc(Cl)cc4)CC3)c(Br)cc2C[C@@H]1C. The van der Waals surface area contributed by atoms with E-state index in [4.69, 9.17) is 11.6 Å². The lowest BCUT2D eigenvalue weighted by Crippen LogP contribution is -2.49. The highest BCUT2D eigenvalue weighted by atomic mass is 79.9. The van der Waals surface area contributed by atoms with Gasteiger partial charge in [-0.2, -0.15) is 4.31 Å². The highest BCUT2D eigenvalue weighted by Gasteiger charge is 2.36. The topological polar surface area (TPSA) is 60.9 Å². The fourth-order valence-corrected chi connectivity index (χ4v) is 8.15. The van der Waals surface area contributed by atoms with Gasteiger partial charge in [0.15, 0.2) is 0 Å². The Labute approximate surface area is 232 Å². The second-order valence-electron chi connectivity index (χ2n) is 9.66. The number of piperazine rings is 1. The van der Waals surface area contributed by atoms with Crippen LogP contribution in [0.25, 0.3) is 0 Å². The number of rotatable bonds is 5. The van der Waals surface area contributed by atoms with Crippen LogP contribution < -0.4 is 4.90 Å². The van der Waals surface area contributed by atoms with Crippen LogP contribution in [-0.2, 0) is 21.2 Å². The highest BCUT2D eigenvalue weighted by molar-refractivity contribution is 9.10. The predicted molar refractivity (Wildman–Crippen MR) is 151 cm³/mol. The third-order valence-electron chi connectivity index (χ3n) is 7.25. The van der Waals surface area contributed by atoms with Crippen molar-refractivity contribution in [1.29, 1.82) is 0 Å². The molecular formula is C28H29BrClN3O3S. The molecule has 0 aliphatic carbocycles. The van der Waals surface area contributed by atoms with E-state index in [2.05, 4.69) is 33.0 Å². The molecule has 0 spiro atoms. The van der Waals surface area contributed by atoms with E-state index in [9.17, 15) is 13.2 Å². The maximum absolute atomic E-state index is 13.8. The number of nitrogens with zero attached hydrogens (tertiary/aromatic N) is 3. The molecular weight excluding hydrogens is 574 g/mol. The second kappa shape index (κ2) is 10.5. The molecule has 3 aromatic rings. The van der Waals surface area contributed by atoms with Crippen molar-refractivity contribution in [2.45, 2.75) is 37.2 Å². The quantitative estimate of drug-likeness (QED) is 0.387. The van der Waals surface area contributed by atoms with Gasteiger partial charge in [0.1, 0.15) is 0 Å². The van der Waals surface area contributed by atoms with Crippen molar-refractivity contribution in [2.75, 3.05) is 31.1 Å². The summed E-state index contributed by atoms with van der Waals surface area (Å²) in [6.45, 7) is 5.41. The third-order valence-corrected chi connectivity index (χ3v) is 10.4. The van der Waals surface area contributed by atoms with Crippen molar-refractivity contribution in [3.8, 4) is 0 Å². The summed E-state index contributed by atoms with van der Waals surface area (Å²) >= 11 is 9.65. The molecule has 3 aromatic carbocycles. The molecule has 5 rings (SSSR count). The molecule has 37 heavy (non-hydrogen) atoms. The number of sulfonamides is 1. The Kier molecular flexibility index (Phi) is 7.49. The van der Waals surface area contributed by atoms with Crippen LogP contribution in [0.5, 0.6) is 0 Å². The van der Waals surface area contributed by atoms with E-state index < -0.39 is 10.0 Å². The summed E-state index contributed by atoms with van der Waals surface area (Å²) in [6, 6.07) is 21.6. The van der Waals surface area contributed by atoms with Crippen molar-refractivity contribution in [2.24, 2.45) is 0 Å². The Morgan fingerprint density at radius 2 is 1.59 bits per heavy atom. The lowest BCUT2D eigenvalue weighted by Gasteiger charge is -2.39. The number of benzene rings is 3. The maximum atomic E-state index is 13.8. The minimum absolute atomic E-state index is 0.000615. The van der Waals surface area contributed by atoms with Crippen LogP contribution in [0.2, 0.25) is 5.02 Å². The average molecular weight is 603 g/mol. The Balaban J connectivity index is 1.40. The van der Waals surface area contributed by atoms with E-state index in [0.717, 1.165) is 16.7 Å². The zero-order valence-electron chi connectivity index (χ0n) is 20.8. The Bertz CT molecular complexity index is 1410. The molecule has 0 saturated carbocycles. The van der Waals surface area contributed by atoms with Gasteiger partial charge in [-0.3, -0.25) is 9.69 Å². The highest BCUT2D eigenvalue weighted by Crippen LogP contribution is 2.39. The van der Waals surface area contributed by atoms with Crippen LogP contribution in [-0.4, -0.2) is 55.8 Å². The van der Waals surface area contributed by atoms with E-state index in [0.29, 0.717) is 47.8 Å². The van der Waals surface area contributed by atoms with Gasteiger partial charge in [-0.15, -0.1) is 0 Å². The molecule has 2 aliphatic rings. The smallest absolute Gasteiger partial charge is 0.244 e. The van der Waals surface area contributed by atoms with Crippen molar-refractivity contribution in [1.82, 2.24) is 9.21 Å². The summed E-state index contributed by atoms with van der Waals surface area (Å²) in [5, 5.41) is 0.684. The van der Waals surface area contributed by atoms with E-state index in [-0.39, 0.29) is 22.9 Å². The lowest BCUT2D eigenvalue weighted by atomic mass is 9.96. The zero-order chi connectivity index (χ0) is 26.3. The van der Waals surface area contributed by atoms with E-state index in [1.807, 2.05) is 55.5 Å². The average Bonchev–Trinajstić information content (AvgIpc) is 3.20. The van der Waals surface area contributed by atoms with Crippen LogP contribution in [0.15, 0.2) is 76.1 Å². The molecule has 1 amide bonds. The van der Waals surface area contributed by atoms with Gasteiger partial charge in [-0.25, -0.2) is 8.42 Å². The fraction of sp³-hybridized carbons (Fsp3) is 0.321. The van der Waals surface area contributed by atoms with Crippen LogP contribution in [0.3, 0.4) is 0 Å². The molecule has 0 unspecified atom stereocenters. The van der Waals surface area contributed by atoms with E-state index in [1.165, 1.54) is 6.92 Å². The summed E-state index contributed by atoms with van der Waals surface area (Å²) in [5.41, 5.74) is 3.94. The summed E-state index contributed by atoms with van der Waals surface area (Å²) in [7, 11) is -3.76. The molecule has 2 heterocycles. The molecule has 6 nitrogen and oxygen atoms in total. The largest absolute Gasteiger partial charge is 0.309 e. The number of hydrogen-bond donors (Lipinski definition) is 0. The van der Waals surface area contributed by atoms with Gasteiger partial charge in [0.2, 0.25) is 15.9 Å². The minimum atomic E-state index is -3.76. The predicted octanol–water partition coefficient (Wildman–Crippen LogP) is 5.50. The summed E-state index contributed by atoms with van der Waals surface area (Å²) in [5.74, 6) is -0.0836. The van der Waals surface area contributed by atoms with E-state index in [1.54, 1.807) is 15.3 Å². The van der Waals surface area contributed by atoms with Gasteiger partial charge in [0.05, 0.1) is 10.9 Å². The Hall–Kier alpha value is -2.23. The molecule has 0 aromatic heterocycles. The first-order valence-electron chi connectivity index (χ1n) is 12.3. The van der Waals surface area contributed by atoms with Crippen molar-refractivity contribution in [3.63, 3.8) is 0 Å². The standard InChI is InChI=1S/C28H29BrClN3O3S/c1-19-16-23-17-25(29)27(18-26(23)33(19)20(2)34)37(35,36)32-14-12-31(13-15-32)28(21-6-4-3-5-7-21)22-8-10-24(30)11-9-22/h3-11,17-19,28H,12-16H2,1-2H3/t19-,28+/m0/s1. The Morgan fingerprint density at radius 3 is 2.22 bits per heavy atom. The second-order valence-corrected chi connectivity index (χ2v) is 12.9. The number of carbonyl (C=O) groups is 1. The summed E-state index contributed by atoms with van der Waals surface area (Å²) < 4.78 is 29.6. The molecule has 1 saturated heterocycles. The third kappa shape index (κ3) is 5.10. The van der Waals surface area contributed by atoms with Gasteiger partial charge < -0.3 is 4.90 Å². The van der Waals surface area contributed by atoms with Crippen LogP contribution in [0, 0.1) is 0 Å². The first-order chi connectivity index (χ1) is 17.7. The number of carbonyl (C=O) groups excluding carboxylic acids is 1. The number of hydrogen-bond acceptors (Lipinski definition) is 4. The van der Waals surface area contributed by atoms with Gasteiger partial charge in [-0.05, 0) is 70.2 Å². The summed E-state index contributed by atoms with van der Waals surface area (Å²) in [4.78, 5) is 16.5. The molecule has 0 N–H and O–H groups in total. The first-order valence-corrected chi connectivity index (χ1v) is 14.9. The van der Waals surface area contributed by atoms with Gasteiger partial charge in [-0.1, -0.05) is 54.1 Å². The van der Waals surface area contributed by atoms with Gasteiger partial charge in [0.25, 0.3) is 0 Å². The van der Waals surface area contributed by atoms with Gasteiger partial charge in [0, 0.05) is 54.3 Å². The molecule has 1 fully saturated rings. The van der Waals surface area contributed by atoms with Crippen LogP contribution in [0.4, 0.5) is 5.69 Å². The van der Waals surface area contributed by atoms with Crippen LogP contribution in [0.1, 0.15) is 36.6 Å². The van der Waals surface area contributed by atoms with Crippen molar-refractivity contribution in [3.05, 3.63) is 92.9 Å². The van der Waals surface area contributed by atoms with Crippen LogP contribution >= 0.6 is 27.5 Å². The number of anilines is 1.